The van der Waals surface area contributed by atoms with Crippen LogP contribution in [0.4, 0.5) is 5.95 Å². The average molecular weight is 305 g/mol. The quantitative estimate of drug-likeness (QED) is 0.831. The molecule has 0 aliphatic rings. The Bertz CT molecular complexity index is 592. The van der Waals surface area contributed by atoms with E-state index in [9.17, 15) is 0 Å². The maximum atomic E-state index is 6.05. The molecule has 0 saturated carbocycles. The van der Waals surface area contributed by atoms with Gasteiger partial charge in [-0.1, -0.05) is 38.1 Å². The van der Waals surface area contributed by atoms with Crippen LogP contribution in [0.25, 0.3) is 11.4 Å². The van der Waals surface area contributed by atoms with E-state index in [-0.39, 0.29) is 5.28 Å². The third-order valence-electron chi connectivity index (χ3n) is 3.48. The number of hydrogen-bond donors (Lipinski definition) is 0. The lowest BCUT2D eigenvalue weighted by molar-refractivity contribution is 0.813. The summed E-state index contributed by atoms with van der Waals surface area (Å²) in [6.45, 7) is 10.2. The van der Waals surface area contributed by atoms with Gasteiger partial charge in [-0.05, 0) is 36.9 Å². The molecule has 1 aromatic carbocycles. The van der Waals surface area contributed by atoms with Crippen LogP contribution in [0.5, 0.6) is 0 Å². The summed E-state index contributed by atoms with van der Waals surface area (Å²) in [5.41, 5.74) is 2.25. The van der Waals surface area contributed by atoms with Crippen molar-refractivity contribution in [3.05, 3.63) is 35.1 Å². The first-order valence-electron chi connectivity index (χ1n) is 7.32. The molecule has 0 fully saturated rings. The molecule has 1 aromatic heterocycles. The summed E-state index contributed by atoms with van der Waals surface area (Å²) in [6, 6.07) is 8.28. The Morgan fingerprint density at radius 2 is 1.62 bits per heavy atom. The van der Waals surface area contributed by atoms with Crippen LogP contribution < -0.4 is 4.90 Å². The predicted molar refractivity (Wildman–Crippen MR) is 87.9 cm³/mol. The van der Waals surface area contributed by atoms with Crippen molar-refractivity contribution in [2.75, 3.05) is 18.0 Å². The van der Waals surface area contributed by atoms with Gasteiger partial charge in [-0.15, -0.1) is 0 Å². The van der Waals surface area contributed by atoms with Crippen LogP contribution in [0.1, 0.15) is 39.2 Å². The summed E-state index contributed by atoms with van der Waals surface area (Å²) in [5.74, 6) is 1.75. The second-order valence-corrected chi connectivity index (χ2v) is 5.52. The molecular formula is C16H21ClN4. The Kier molecular flexibility index (Phi) is 5.12. The van der Waals surface area contributed by atoms with Crippen LogP contribution in [-0.4, -0.2) is 28.0 Å². The largest absolute Gasteiger partial charge is 0.341 e. The number of hydrogen-bond acceptors (Lipinski definition) is 4. The van der Waals surface area contributed by atoms with Gasteiger partial charge < -0.3 is 4.90 Å². The van der Waals surface area contributed by atoms with Gasteiger partial charge in [0.25, 0.3) is 0 Å². The van der Waals surface area contributed by atoms with E-state index in [1.165, 1.54) is 5.56 Å². The molecule has 0 amide bonds. The highest BCUT2D eigenvalue weighted by atomic mass is 35.5. The minimum atomic E-state index is 0.231. The van der Waals surface area contributed by atoms with Gasteiger partial charge in [-0.2, -0.15) is 15.0 Å². The van der Waals surface area contributed by atoms with Crippen LogP contribution >= 0.6 is 11.6 Å². The monoisotopic (exact) mass is 304 g/mol. The SMILES string of the molecule is CCN(CC)c1nc(Cl)nc(-c2ccc(C(C)C)cc2)n1. The Morgan fingerprint density at radius 1 is 1.00 bits per heavy atom. The Morgan fingerprint density at radius 3 is 2.14 bits per heavy atom. The molecule has 0 bridgehead atoms. The third-order valence-corrected chi connectivity index (χ3v) is 3.65. The lowest BCUT2D eigenvalue weighted by Gasteiger charge is -2.18. The number of benzene rings is 1. The van der Waals surface area contributed by atoms with E-state index in [0.29, 0.717) is 17.7 Å². The number of halogens is 1. The summed E-state index contributed by atoms with van der Waals surface area (Å²) >= 11 is 6.05. The fourth-order valence-electron chi connectivity index (χ4n) is 2.13. The Labute approximate surface area is 131 Å². The molecule has 112 valence electrons. The molecule has 2 rings (SSSR count). The zero-order valence-corrected chi connectivity index (χ0v) is 13.7. The molecule has 0 unspecified atom stereocenters. The van der Waals surface area contributed by atoms with Gasteiger partial charge in [-0.3, -0.25) is 0 Å². The normalized spacial score (nSPS) is 11.0. The standard InChI is InChI=1S/C16H21ClN4/c1-5-21(6-2)16-19-14(18-15(17)20-16)13-9-7-12(8-10-13)11(3)4/h7-11H,5-6H2,1-4H3. The van der Waals surface area contributed by atoms with Gasteiger partial charge in [0, 0.05) is 18.7 Å². The van der Waals surface area contributed by atoms with E-state index in [2.05, 4.69) is 59.7 Å². The van der Waals surface area contributed by atoms with Crippen LogP contribution in [0.3, 0.4) is 0 Å². The molecule has 21 heavy (non-hydrogen) atoms. The van der Waals surface area contributed by atoms with Gasteiger partial charge in [0.15, 0.2) is 5.82 Å². The number of anilines is 1. The van der Waals surface area contributed by atoms with Crippen LogP contribution in [0, 0.1) is 0 Å². The van der Waals surface area contributed by atoms with Crippen molar-refractivity contribution >= 4 is 17.5 Å². The number of nitrogens with zero attached hydrogens (tertiary/aromatic N) is 4. The van der Waals surface area contributed by atoms with Gasteiger partial charge in [0.1, 0.15) is 0 Å². The topological polar surface area (TPSA) is 41.9 Å². The van der Waals surface area contributed by atoms with Crippen molar-refractivity contribution in [3.63, 3.8) is 0 Å². The van der Waals surface area contributed by atoms with E-state index in [4.69, 9.17) is 11.6 Å². The molecule has 1 heterocycles. The van der Waals surface area contributed by atoms with Crippen LogP contribution in [-0.2, 0) is 0 Å². The van der Waals surface area contributed by atoms with Gasteiger partial charge >= 0.3 is 0 Å². The Hall–Kier alpha value is -1.68. The van der Waals surface area contributed by atoms with Crippen molar-refractivity contribution < 1.29 is 0 Å². The van der Waals surface area contributed by atoms with E-state index < -0.39 is 0 Å². The molecular weight excluding hydrogens is 284 g/mol. The van der Waals surface area contributed by atoms with Gasteiger partial charge in [-0.25, -0.2) is 0 Å². The summed E-state index contributed by atoms with van der Waals surface area (Å²) in [6.07, 6.45) is 0. The molecule has 5 heteroatoms. The second-order valence-electron chi connectivity index (χ2n) is 5.18. The molecule has 0 aliphatic carbocycles. The highest BCUT2D eigenvalue weighted by Crippen LogP contribution is 2.22. The van der Waals surface area contributed by atoms with Crippen LogP contribution in [0.15, 0.2) is 24.3 Å². The summed E-state index contributed by atoms with van der Waals surface area (Å²) in [4.78, 5) is 15.1. The molecule has 0 atom stereocenters. The highest BCUT2D eigenvalue weighted by molar-refractivity contribution is 6.28. The van der Waals surface area contributed by atoms with Crippen molar-refractivity contribution in [1.82, 2.24) is 15.0 Å². The molecule has 4 nitrogen and oxygen atoms in total. The zero-order valence-electron chi connectivity index (χ0n) is 13.0. The second kappa shape index (κ2) is 6.85. The van der Waals surface area contributed by atoms with E-state index in [1.54, 1.807) is 0 Å². The molecule has 0 saturated heterocycles. The summed E-state index contributed by atoms with van der Waals surface area (Å²) < 4.78 is 0. The van der Waals surface area contributed by atoms with E-state index in [1.807, 2.05) is 12.1 Å². The van der Waals surface area contributed by atoms with Crippen molar-refractivity contribution in [2.24, 2.45) is 0 Å². The first-order valence-corrected chi connectivity index (χ1v) is 7.69. The van der Waals surface area contributed by atoms with Crippen molar-refractivity contribution in [1.29, 1.82) is 0 Å². The van der Waals surface area contributed by atoms with Crippen molar-refractivity contribution in [2.45, 2.75) is 33.6 Å². The van der Waals surface area contributed by atoms with E-state index in [0.717, 1.165) is 18.7 Å². The first-order chi connectivity index (χ1) is 10.0. The minimum Gasteiger partial charge on any atom is -0.341 e. The zero-order chi connectivity index (χ0) is 15.4. The number of aromatic nitrogens is 3. The molecule has 2 aromatic rings. The lowest BCUT2D eigenvalue weighted by atomic mass is 10.0. The highest BCUT2D eigenvalue weighted by Gasteiger charge is 2.11. The minimum absolute atomic E-state index is 0.231. The van der Waals surface area contributed by atoms with Crippen molar-refractivity contribution in [3.8, 4) is 11.4 Å². The smallest absolute Gasteiger partial charge is 0.230 e. The summed E-state index contributed by atoms with van der Waals surface area (Å²) in [5, 5.41) is 0.231. The maximum Gasteiger partial charge on any atom is 0.230 e. The van der Waals surface area contributed by atoms with Crippen LogP contribution in [0.2, 0.25) is 5.28 Å². The first kappa shape index (κ1) is 15.7. The van der Waals surface area contributed by atoms with Gasteiger partial charge in [0.2, 0.25) is 11.2 Å². The summed E-state index contributed by atoms with van der Waals surface area (Å²) in [7, 11) is 0. The third kappa shape index (κ3) is 3.70. The fraction of sp³-hybridized carbons (Fsp3) is 0.438. The maximum absolute atomic E-state index is 6.05. The lowest BCUT2D eigenvalue weighted by Crippen LogP contribution is -2.24. The molecule has 0 N–H and O–H groups in total. The molecule has 0 spiro atoms. The van der Waals surface area contributed by atoms with E-state index >= 15 is 0 Å². The molecule has 0 radical (unpaired) electrons. The molecule has 0 aliphatic heterocycles. The Balaban J connectivity index is 2.39. The average Bonchev–Trinajstić information content (AvgIpc) is 2.48. The fourth-order valence-corrected chi connectivity index (χ4v) is 2.29. The number of rotatable bonds is 5. The van der Waals surface area contributed by atoms with Gasteiger partial charge in [0.05, 0.1) is 0 Å². The predicted octanol–water partition coefficient (Wildman–Crippen LogP) is 4.16.